The van der Waals surface area contributed by atoms with Gasteiger partial charge in [-0.05, 0) is 24.6 Å². The minimum absolute atomic E-state index is 0.263. The number of pyridine rings is 1. The van der Waals surface area contributed by atoms with Gasteiger partial charge in [0.15, 0.2) is 0 Å². The summed E-state index contributed by atoms with van der Waals surface area (Å²) in [6.07, 6.45) is 1.81. The summed E-state index contributed by atoms with van der Waals surface area (Å²) >= 11 is 7.95. The van der Waals surface area contributed by atoms with E-state index in [1.54, 1.807) is 0 Å². The molecule has 100 valence electrons. The van der Waals surface area contributed by atoms with Gasteiger partial charge >= 0.3 is 0 Å². The summed E-state index contributed by atoms with van der Waals surface area (Å²) in [5.41, 5.74) is 2.98. The van der Waals surface area contributed by atoms with Gasteiger partial charge in [0.2, 0.25) is 0 Å². The van der Waals surface area contributed by atoms with Crippen LogP contribution in [0.4, 0.5) is 0 Å². The van der Waals surface area contributed by atoms with Crippen LogP contribution in [0.5, 0.6) is 0 Å². The van der Waals surface area contributed by atoms with E-state index < -0.39 is 0 Å². The van der Waals surface area contributed by atoms with Gasteiger partial charge in [-0.1, -0.05) is 41.7 Å². The van der Waals surface area contributed by atoms with Crippen molar-refractivity contribution in [1.82, 2.24) is 15.2 Å². The van der Waals surface area contributed by atoms with E-state index in [0.29, 0.717) is 0 Å². The van der Waals surface area contributed by atoms with Crippen LogP contribution in [-0.4, -0.2) is 15.2 Å². The van der Waals surface area contributed by atoms with Gasteiger partial charge in [-0.25, -0.2) is 0 Å². The first kappa shape index (κ1) is 13.2. The van der Waals surface area contributed by atoms with Crippen LogP contribution in [0.1, 0.15) is 21.6 Å². The average Bonchev–Trinajstić information content (AvgIpc) is 2.98. The molecular formula is C15H12ClN3S. The fourth-order valence-corrected chi connectivity index (χ4v) is 2.97. The molecule has 0 aliphatic heterocycles. The van der Waals surface area contributed by atoms with Crippen LogP contribution in [-0.2, 0) is 0 Å². The van der Waals surface area contributed by atoms with Crippen molar-refractivity contribution in [1.29, 1.82) is 0 Å². The largest absolute Gasteiger partial charge is 0.261 e. The summed E-state index contributed by atoms with van der Waals surface area (Å²) in [5, 5.41) is 9.78. The molecule has 1 aromatic carbocycles. The van der Waals surface area contributed by atoms with Crippen LogP contribution in [0.2, 0.25) is 0 Å². The molecule has 0 amide bonds. The van der Waals surface area contributed by atoms with E-state index in [0.717, 1.165) is 26.8 Å². The first-order valence-corrected chi connectivity index (χ1v) is 7.45. The number of hydrogen-bond acceptors (Lipinski definition) is 4. The Bertz CT molecular complexity index is 695. The van der Waals surface area contributed by atoms with E-state index in [1.807, 2.05) is 55.6 Å². The standard InChI is InChI=1S/C15H12ClN3S/c1-10-7-8-12(9-17-10)14-18-19-15(20-14)13(16)11-5-3-2-4-6-11/h2-9,13H,1H3. The summed E-state index contributed by atoms with van der Waals surface area (Å²) in [5.74, 6) is 0. The Morgan fingerprint density at radius 1 is 1.05 bits per heavy atom. The molecule has 2 aromatic heterocycles. The highest BCUT2D eigenvalue weighted by molar-refractivity contribution is 7.15. The molecule has 0 spiro atoms. The zero-order valence-electron chi connectivity index (χ0n) is 10.8. The molecule has 0 radical (unpaired) electrons. The molecule has 2 heterocycles. The van der Waals surface area contributed by atoms with E-state index in [4.69, 9.17) is 11.6 Å². The molecule has 0 aliphatic rings. The van der Waals surface area contributed by atoms with Gasteiger partial charge in [-0.2, -0.15) is 0 Å². The Kier molecular flexibility index (Phi) is 3.76. The van der Waals surface area contributed by atoms with Gasteiger partial charge < -0.3 is 0 Å². The van der Waals surface area contributed by atoms with Crippen molar-refractivity contribution in [2.75, 3.05) is 0 Å². The molecule has 0 bridgehead atoms. The highest BCUT2D eigenvalue weighted by Crippen LogP contribution is 2.33. The van der Waals surface area contributed by atoms with E-state index in [2.05, 4.69) is 15.2 Å². The summed E-state index contributed by atoms with van der Waals surface area (Å²) in [6.45, 7) is 1.96. The van der Waals surface area contributed by atoms with Gasteiger partial charge in [0, 0.05) is 17.5 Å². The van der Waals surface area contributed by atoms with Crippen LogP contribution in [0.15, 0.2) is 48.7 Å². The molecule has 3 rings (SSSR count). The smallest absolute Gasteiger partial charge is 0.149 e. The van der Waals surface area contributed by atoms with Crippen LogP contribution in [0.3, 0.4) is 0 Å². The van der Waals surface area contributed by atoms with Gasteiger partial charge in [0.1, 0.15) is 15.4 Å². The highest BCUT2D eigenvalue weighted by atomic mass is 35.5. The summed E-state index contributed by atoms with van der Waals surface area (Å²) in [7, 11) is 0. The fourth-order valence-electron chi connectivity index (χ4n) is 1.81. The summed E-state index contributed by atoms with van der Waals surface area (Å²) in [4.78, 5) is 4.27. The van der Waals surface area contributed by atoms with Gasteiger partial charge in [0.05, 0.1) is 0 Å². The lowest BCUT2D eigenvalue weighted by atomic mass is 10.1. The Morgan fingerprint density at radius 2 is 1.85 bits per heavy atom. The Morgan fingerprint density at radius 3 is 2.55 bits per heavy atom. The minimum Gasteiger partial charge on any atom is -0.261 e. The van der Waals surface area contributed by atoms with Crippen molar-refractivity contribution in [2.24, 2.45) is 0 Å². The molecule has 0 N–H and O–H groups in total. The second kappa shape index (κ2) is 5.69. The highest BCUT2D eigenvalue weighted by Gasteiger charge is 2.16. The molecule has 1 unspecified atom stereocenters. The molecular weight excluding hydrogens is 290 g/mol. The quantitative estimate of drug-likeness (QED) is 0.679. The third-order valence-corrected chi connectivity index (χ3v) is 4.53. The third-order valence-electron chi connectivity index (χ3n) is 2.91. The fraction of sp³-hybridized carbons (Fsp3) is 0.133. The van der Waals surface area contributed by atoms with Gasteiger partial charge in [-0.15, -0.1) is 21.8 Å². The molecule has 0 saturated heterocycles. The predicted octanol–water partition coefficient (Wildman–Crippen LogP) is 4.24. The molecule has 20 heavy (non-hydrogen) atoms. The number of halogens is 1. The second-order valence-electron chi connectivity index (χ2n) is 4.41. The number of rotatable bonds is 3. The molecule has 0 fully saturated rings. The zero-order chi connectivity index (χ0) is 13.9. The molecule has 3 aromatic rings. The monoisotopic (exact) mass is 301 g/mol. The first-order chi connectivity index (χ1) is 9.74. The number of aromatic nitrogens is 3. The van der Waals surface area contributed by atoms with Crippen molar-refractivity contribution in [3.63, 3.8) is 0 Å². The molecule has 1 atom stereocenters. The molecule has 3 nitrogen and oxygen atoms in total. The van der Waals surface area contributed by atoms with Crippen molar-refractivity contribution >= 4 is 22.9 Å². The van der Waals surface area contributed by atoms with Gasteiger partial charge in [-0.3, -0.25) is 4.98 Å². The summed E-state index contributed by atoms with van der Waals surface area (Å²) in [6, 6.07) is 13.9. The lowest BCUT2D eigenvalue weighted by molar-refractivity contribution is 0.987. The molecule has 5 heteroatoms. The molecule has 0 saturated carbocycles. The van der Waals surface area contributed by atoms with Gasteiger partial charge in [0.25, 0.3) is 0 Å². The van der Waals surface area contributed by atoms with Crippen molar-refractivity contribution in [3.05, 3.63) is 64.9 Å². The van der Waals surface area contributed by atoms with E-state index in [1.165, 1.54) is 11.3 Å². The van der Waals surface area contributed by atoms with Crippen molar-refractivity contribution in [2.45, 2.75) is 12.3 Å². The minimum atomic E-state index is -0.263. The number of alkyl halides is 1. The lowest BCUT2D eigenvalue weighted by Gasteiger charge is -2.04. The maximum Gasteiger partial charge on any atom is 0.149 e. The van der Waals surface area contributed by atoms with Crippen LogP contribution in [0, 0.1) is 6.92 Å². The lowest BCUT2D eigenvalue weighted by Crippen LogP contribution is -1.91. The normalized spacial score (nSPS) is 12.3. The van der Waals surface area contributed by atoms with E-state index in [-0.39, 0.29) is 5.38 Å². The van der Waals surface area contributed by atoms with Crippen LogP contribution in [0.25, 0.3) is 10.6 Å². The van der Waals surface area contributed by atoms with Crippen molar-refractivity contribution < 1.29 is 0 Å². The average molecular weight is 302 g/mol. The molecule has 0 aliphatic carbocycles. The zero-order valence-corrected chi connectivity index (χ0v) is 12.4. The van der Waals surface area contributed by atoms with Crippen molar-refractivity contribution in [3.8, 4) is 10.6 Å². The maximum absolute atomic E-state index is 6.45. The Balaban J connectivity index is 1.89. The predicted molar refractivity (Wildman–Crippen MR) is 82.0 cm³/mol. The maximum atomic E-state index is 6.45. The first-order valence-electron chi connectivity index (χ1n) is 6.19. The van der Waals surface area contributed by atoms with E-state index in [9.17, 15) is 0 Å². The van der Waals surface area contributed by atoms with E-state index >= 15 is 0 Å². The van der Waals surface area contributed by atoms with Crippen LogP contribution < -0.4 is 0 Å². The topological polar surface area (TPSA) is 38.7 Å². The number of aryl methyl sites for hydroxylation is 1. The number of benzene rings is 1. The third kappa shape index (κ3) is 2.71. The Labute approximate surface area is 126 Å². The SMILES string of the molecule is Cc1ccc(-c2nnc(C(Cl)c3ccccc3)s2)cn1. The Hall–Kier alpha value is -1.78. The number of nitrogens with zero attached hydrogens (tertiary/aromatic N) is 3. The number of hydrogen-bond donors (Lipinski definition) is 0. The second-order valence-corrected chi connectivity index (χ2v) is 5.85. The summed E-state index contributed by atoms with van der Waals surface area (Å²) < 4.78 is 0. The van der Waals surface area contributed by atoms with Crippen LogP contribution >= 0.6 is 22.9 Å².